The molecule has 0 saturated heterocycles. The minimum absolute atomic E-state index is 0.0532. The molecule has 3 atom stereocenters. The molecule has 2 aliphatic carbocycles. The second-order valence-corrected chi connectivity index (χ2v) is 6.69. The van der Waals surface area contributed by atoms with Crippen molar-refractivity contribution in [3.8, 4) is 5.75 Å². The Labute approximate surface area is 119 Å². The summed E-state index contributed by atoms with van der Waals surface area (Å²) in [6, 6.07) is 9.99. The van der Waals surface area contributed by atoms with Gasteiger partial charge in [0.1, 0.15) is 5.75 Å². The van der Waals surface area contributed by atoms with E-state index in [1.54, 1.807) is 6.07 Å². The van der Waals surface area contributed by atoms with Gasteiger partial charge >= 0.3 is 0 Å². The second kappa shape index (κ2) is 3.98. The van der Waals surface area contributed by atoms with Crippen LogP contribution in [-0.2, 0) is 6.42 Å². The number of phenolic OH excluding ortho intramolecular Hbond substituents is 1. The minimum atomic E-state index is -0.156. The minimum Gasteiger partial charge on any atom is -0.508 e. The van der Waals surface area contributed by atoms with Crippen LogP contribution in [0.15, 0.2) is 30.3 Å². The maximum Gasteiger partial charge on any atom is 0.116 e. The van der Waals surface area contributed by atoms with Crippen molar-refractivity contribution in [2.45, 2.75) is 44.6 Å². The predicted octanol–water partition coefficient (Wildman–Crippen LogP) is 3.74. The largest absolute Gasteiger partial charge is 0.508 e. The molecule has 0 aliphatic heterocycles. The number of fused-ring (bicyclic) bond motifs is 5. The molecule has 2 nitrogen and oxygen atoms in total. The highest BCUT2D eigenvalue weighted by atomic mass is 16.3. The third-order valence-electron chi connectivity index (χ3n) is 5.73. The standard InChI is InChI=1S/C18H20O2/c1-18-9-8-14-13-5-3-12(19)10-11(13)2-4-15(14)16(18)6-7-17(18)20/h2-5,10,16-17,19-20H,6-9H2,1H3/t16-,17-,18+/m0/s1. The zero-order valence-corrected chi connectivity index (χ0v) is 11.8. The summed E-state index contributed by atoms with van der Waals surface area (Å²) in [5.41, 5.74) is 2.91. The zero-order chi connectivity index (χ0) is 13.9. The highest BCUT2D eigenvalue weighted by molar-refractivity contribution is 5.88. The molecule has 2 aromatic rings. The van der Waals surface area contributed by atoms with Crippen LogP contribution in [0.2, 0.25) is 0 Å². The number of hydrogen-bond acceptors (Lipinski definition) is 2. The van der Waals surface area contributed by atoms with Gasteiger partial charge in [0.05, 0.1) is 6.10 Å². The fourth-order valence-corrected chi connectivity index (χ4v) is 4.47. The van der Waals surface area contributed by atoms with Crippen molar-refractivity contribution in [1.82, 2.24) is 0 Å². The van der Waals surface area contributed by atoms with E-state index in [-0.39, 0.29) is 11.5 Å². The molecule has 1 fully saturated rings. The van der Waals surface area contributed by atoms with Crippen molar-refractivity contribution in [1.29, 1.82) is 0 Å². The van der Waals surface area contributed by atoms with Gasteiger partial charge < -0.3 is 10.2 Å². The summed E-state index contributed by atoms with van der Waals surface area (Å²) in [4.78, 5) is 0. The van der Waals surface area contributed by atoms with E-state index in [0.717, 1.165) is 31.1 Å². The summed E-state index contributed by atoms with van der Waals surface area (Å²) in [6.07, 6.45) is 3.95. The van der Waals surface area contributed by atoms with Gasteiger partial charge in [-0.15, -0.1) is 0 Å². The van der Waals surface area contributed by atoms with Crippen molar-refractivity contribution in [2.24, 2.45) is 5.41 Å². The Kier molecular flexibility index (Phi) is 2.43. The van der Waals surface area contributed by atoms with Gasteiger partial charge in [-0.05, 0) is 65.6 Å². The van der Waals surface area contributed by atoms with Gasteiger partial charge in [0.25, 0.3) is 0 Å². The number of aliphatic hydroxyl groups excluding tert-OH is 1. The van der Waals surface area contributed by atoms with Gasteiger partial charge in [0.15, 0.2) is 0 Å². The van der Waals surface area contributed by atoms with Gasteiger partial charge in [-0.3, -0.25) is 0 Å². The van der Waals surface area contributed by atoms with Gasteiger partial charge in [-0.25, -0.2) is 0 Å². The smallest absolute Gasteiger partial charge is 0.116 e. The van der Waals surface area contributed by atoms with Crippen molar-refractivity contribution in [3.63, 3.8) is 0 Å². The molecule has 0 bridgehead atoms. The molecule has 2 heteroatoms. The van der Waals surface area contributed by atoms with Crippen molar-refractivity contribution in [2.75, 3.05) is 0 Å². The highest BCUT2D eigenvalue weighted by Crippen LogP contribution is 2.56. The number of benzene rings is 2. The maximum atomic E-state index is 10.3. The molecule has 0 spiro atoms. The first kappa shape index (κ1) is 12.2. The molecule has 0 aromatic heterocycles. The van der Waals surface area contributed by atoms with E-state index in [1.807, 2.05) is 12.1 Å². The third kappa shape index (κ3) is 1.49. The van der Waals surface area contributed by atoms with Crippen LogP contribution < -0.4 is 0 Å². The van der Waals surface area contributed by atoms with Crippen molar-refractivity contribution >= 4 is 10.8 Å². The molecule has 1 saturated carbocycles. The molecule has 2 aromatic carbocycles. The van der Waals surface area contributed by atoms with Crippen LogP contribution in [0.25, 0.3) is 10.8 Å². The molecule has 0 amide bonds. The van der Waals surface area contributed by atoms with Crippen LogP contribution in [0, 0.1) is 5.41 Å². The summed E-state index contributed by atoms with van der Waals surface area (Å²) >= 11 is 0. The lowest BCUT2D eigenvalue weighted by Gasteiger charge is -2.40. The number of aliphatic hydroxyl groups is 1. The average molecular weight is 268 g/mol. The van der Waals surface area contributed by atoms with E-state index in [9.17, 15) is 10.2 Å². The van der Waals surface area contributed by atoms with E-state index in [1.165, 1.54) is 16.5 Å². The lowest BCUT2D eigenvalue weighted by molar-refractivity contribution is 0.0459. The zero-order valence-electron chi connectivity index (χ0n) is 11.8. The van der Waals surface area contributed by atoms with Crippen LogP contribution in [0.1, 0.15) is 43.2 Å². The lowest BCUT2D eigenvalue weighted by atomic mass is 9.65. The monoisotopic (exact) mass is 268 g/mol. The van der Waals surface area contributed by atoms with Crippen molar-refractivity contribution < 1.29 is 10.2 Å². The molecule has 2 aliphatic rings. The fourth-order valence-electron chi connectivity index (χ4n) is 4.47. The number of aromatic hydroxyl groups is 1. The molecule has 2 N–H and O–H groups in total. The van der Waals surface area contributed by atoms with Crippen LogP contribution in [-0.4, -0.2) is 16.3 Å². The van der Waals surface area contributed by atoms with E-state index < -0.39 is 0 Å². The Balaban J connectivity index is 1.93. The SMILES string of the molecule is C[C@@]12CCc3c(ccc4cc(O)ccc34)[C@@H]1CC[C@@H]2O. The molecule has 4 rings (SSSR count). The molecule has 20 heavy (non-hydrogen) atoms. The summed E-state index contributed by atoms with van der Waals surface area (Å²) in [6.45, 7) is 2.25. The molecular weight excluding hydrogens is 248 g/mol. The highest BCUT2D eigenvalue weighted by Gasteiger charge is 2.48. The lowest BCUT2D eigenvalue weighted by Crippen LogP contribution is -2.35. The molecule has 0 heterocycles. The van der Waals surface area contributed by atoms with E-state index in [2.05, 4.69) is 19.1 Å². The van der Waals surface area contributed by atoms with Gasteiger partial charge in [0, 0.05) is 5.41 Å². The summed E-state index contributed by atoms with van der Waals surface area (Å²) in [5.74, 6) is 0.814. The average Bonchev–Trinajstić information content (AvgIpc) is 2.74. The van der Waals surface area contributed by atoms with E-state index >= 15 is 0 Å². The maximum absolute atomic E-state index is 10.3. The number of rotatable bonds is 0. The molecule has 0 radical (unpaired) electrons. The van der Waals surface area contributed by atoms with Crippen LogP contribution >= 0.6 is 0 Å². The number of hydrogen-bond donors (Lipinski definition) is 2. The Bertz CT molecular complexity index is 691. The van der Waals surface area contributed by atoms with Crippen LogP contribution in [0.3, 0.4) is 0 Å². The summed E-state index contributed by atoms with van der Waals surface area (Å²) in [5, 5.41) is 22.3. The quantitative estimate of drug-likeness (QED) is 0.764. The van der Waals surface area contributed by atoms with Gasteiger partial charge in [0.2, 0.25) is 0 Å². The van der Waals surface area contributed by atoms with Crippen molar-refractivity contribution in [3.05, 3.63) is 41.5 Å². The number of phenols is 1. The summed E-state index contributed by atoms with van der Waals surface area (Å²) < 4.78 is 0. The Morgan fingerprint density at radius 1 is 1.15 bits per heavy atom. The topological polar surface area (TPSA) is 40.5 Å². The van der Waals surface area contributed by atoms with E-state index in [4.69, 9.17) is 0 Å². The first-order valence-electron chi connectivity index (χ1n) is 7.52. The van der Waals surface area contributed by atoms with Crippen LogP contribution in [0.4, 0.5) is 0 Å². The Morgan fingerprint density at radius 2 is 2.00 bits per heavy atom. The Hall–Kier alpha value is -1.54. The normalized spacial score (nSPS) is 32.1. The first-order valence-corrected chi connectivity index (χ1v) is 7.52. The fraction of sp³-hybridized carbons (Fsp3) is 0.444. The molecule has 104 valence electrons. The van der Waals surface area contributed by atoms with Gasteiger partial charge in [-0.2, -0.15) is 0 Å². The number of aryl methyl sites for hydroxylation is 1. The Morgan fingerprint density at radius 3 is 2.85 bits per heavy atom. The third-order valence-corrected chi connectivity index (χ3v) is 5.73. The van der Waals surface area contributed by atoms with Gasteiger partial charge in [-0.1, -0.05) is 25.1 Å². The van der Waals surface area contributed by atoms with Crippen LogP contribution in [0.5, 0.6) is 5.75 Å². The summed E-state index contributed by atoms with van der Waals surface area (Å²) in [7, 11) is 0. The van der Waals surface area contributed by atoms with E-state index in [0.29, 0.717) is 11.7 Å². The first-order chi connectivity index (χ1) is 9.59. The molecule has 0 unspecified atom stereocenters. The second-order valence-electron chi connectivity index (χ2n) is 6.69. The predicted molar refractivity (Wildman–Crippen MR) is 80.0 cm³/mol. The molecular formula is C18H20O2.